The summed E-state index contributed by atoms with van der Waals surface area (Å²) in [7, 11) is 0. The van der Waals surface area contributed by atoms with E-state index in [1.54, 1.807) is 0 Å². The normalized spacial score (nSPS) is 51.4. The molecule has 2 aliphatic rings. The molecule has 0 spiro atoms. The molecule has 7 N–H and O–H groups in total. The van der Waals surface area contributed by atoms with Crippen molar-refractivity contribution < 1.29 is 54.8 Å². The second kappa shape index (κ2) is 6.93. The second-order valence-corrected chi connectivity index (χ2v) is 5.55. The van der Waals surface area contributed by atoms with Gasteiger partial charge in [-0.1, -0.05) is 0 Å². The highest BCUT2D eigenvalue weighted by molar-refractivity contribution is 5.73. The topological polar surface area (TPSA) is 186 Å². The molecule has 0 aromatic heterocycles. The summed E-state index contributed by atoms with van der Waals surface area (Å²) in [5.74, 6) is -1.60. The molecule has 0 unspecified atom stereocenters. The summed E-state index contributed by atoms with van der Waals surface area (Å²) >= 11 is 0. The smallest absolute Gasteiger partial charge is 0.335 e. The molecule has 2 fully saturated rings. The summed E-state index contributed by atoms with van der Waals surface area (Å²) in [6.07, 6.45) is -16.5. The van der Waals surface area contributed by atoms with E-state index in [-0.39, 0.29) is 0 Å². The average molecular weight is 340 g/mol. The van der Waals surface area contributed by atoms with Gasteiger partial charge in [0.05, 0.1) is 6.10 Å². The number of ether oxygens (including phenoxy) is 3. The van der Waals surface area contributed by atoms with Gasteiger partial charge in [0.2, 0.25) is 0 Å². The maximum absolute atomic E-state index is 11.0. The molecule has 0 aromatic carbocycles. The Labute approximate surface area is 130 Å². The van der Waals surface area contributed by atoms with Gasteiger partial charge in [-0.25, -0.2) is 4.79 Å². The summed E-state index contributed by atoms with van der Waals surface area (Å²) in [6, 6.07) is 0. The number of hydrogen-bond acceptors (Lipinski definition) is 10. The largest absolute Gasteiger partial charge is 0.479 e. The van der Waals surface area contributed by atoms with Crippen molar-refractivity contribution in [2.75, 3.05) is 0 Å². The number of carboxylic acid groups (broad SMARTS) is 1. The number of hydrogen-bond donors (Lipinski definition) is 7. The van der Waals surface area contributed by atoms with Crippen LogP contribution in [0, 0.1) is 0 Å². The fourth-order valence-corrected chi connectivity index (χ4v) is 2.49. The average Bonchev–Trinajstić information content (AvgIpc) is 2.49. The molecule has 2 saturated heterocycles. The van der Waals surface area contributed by atoms with Crippen LogP contribution in [0.1, 0.15) is 6.92 Å². The molecule has 11 nitrogen and oxygen atoms in total. The molecule has 23 heavy (non-hydrogen) atoms. The van der Waals surface area contributed by atoms with Gasteiger partial charge in [0.1, 0.15) is 36.6 Å². The Morgan fingerprint density at radius 3 is 2.04 bits per heavy atom. The first-order chi connectivity index (χ1) is 10.6. The molecule has 0 radical (unpaired) electrons. The molecule has 10 atom stereocenters. The van der Waals surface area contributed by atoms with Gasteiger partial charge in [0.25, 0.3) is 0 Å². The maximum atomic E-state index is 11.0. The van der Waals surface area contributed by atoms with Gasteiger partial charge in [-0.15, -0.1) is 0 Å². The van der Waals surface area contributed by atoms with Crippen LogP contribution in [-0.2, 0) is 19.0 Å². The van der Waals surface area contributed by atoms with Crippen LogP contribution in [-0.4, -0.2) is 103 Å². The first-order valence-corrected chi connectivity index (χ1v) is 6.92. The van der Waals surface area contributed by atoms with Crippen molar-refractivity contribution in [1.29, 1.82) is 0 Å². The fraction of sp³-hybridized carbons (Fsp3) is 0.917. The van der Waals surface area contributed by atoms with Crippen molar-refractivity contribution in [1.82, 2.24) is 0 Å². The molecular formula is C12H20O11. The SMILES string of the molecule is C[C@@H]1O[C@@H](O)[C@H](O)[C@H](O[C@H]2O[C@H](C(=O)O)[C@@H](O)[C@H](O)[C@H]2O)[C@H]1O. The number of aliphatic hydroxyl groups is 6. The monoisotopic (exact) mass is 340 g/mol. The van der Waals surface area contributed by atoms with Crippen LogP contribution in [0.3, 0.4) is 0 Å². The number of rotatable bonds is 3. The van der Waals surface area contributed by atoms with Crippen LogP contribution in [0.4, 0.5) is 0 Å². The minimum absolute atomic E-state index is 0.926. The highest BCUT2D eigenvalue weighted by atomic mass is 16.7. The van der Waals surface area contributed by atoms with Gasteiger partial charge >= 0.3 is 5.97 Å². The lowest BCUT2D eigenvalue weighted by Crippen LogP contribution is -2.64. The van der Waals surface area contributed by atoms with Gasteiger partial charge in [0.15, 0.2) is 18.7 Å². The van der Waals surface area contributed by atoms with Crippen molar-refractivity contribution in [2.45, 2.75) is 68.3 Å². The Bertz CT molecular complexity index is 417. The summed E-state index contributed by atoms with van der Waals surface area (Å²) in [5.41, 5.74) is 0. The molecule has 2 aliphatic heterocycles. The second-order valence-electron chi connectivity index (χ2n) is 5.55. The highest BCUT2D eigenvalue weighted by Gasteiger charge is 2.51. The van der Waals surface area contributed by atoms with Crippen LogP contribution in [0.25, 0.3) is 0 Å². The minimum Gasteiger partial charge on any atom is -0.479 e. The molecule has 2 heterocycles. The number of aliphatic carboxylic acids is 1. The number of carbonyl (C=O) groups is 1. The predicted molar refractivity (Wildman–Crippen MR) is 67.8 cm³/mol. The van der Waals surface area contributed by atoms with Gasteiger partial charge in [-0.2, -0.15) is 0 Å². The molecule has 0 amide bonds. The Balaban J connectivity index is 2.15. The van der Waals surface area contributed by atoms with Crippen LogP contribution in [0.5, 0.6) is 0 Å². The van der Waals surface area contributed by atoms with Crippen molar-refractivity contribution in [3.63, 3.8) is 0 Å². The van der Waals surface area contributed by atoms with Gasteiger partial charge in [-0.05, 0) is 6.92 Å². The summed E-state index contributed by atoms with van der Waals surface area (Å²) < 4.78 is 14.9. The third-order valence-electron chi connectivity index (χ3n) is 3.90. The summed E-state index contributed by atoms with van der Waals surface area (Å²) in [5, 5.41) is 67.3. The van der Waals surface area contributed by atoms with E-state index >= 15 is 0 Å². The molecular weight excluding hydrogens is 320 g/mol. The fourth-order valence-electron chi connectivity index (χ4n) is 2.49. The molecule has 2 rings (SSSR count). The van der Waals surface area contributed by atoms with E-state index in [9.17, 15) is 35.4 Å². The Morgan fingerprint density at radius 1 is 0.870 bits per heavy atom. The van der Waals surface area contributed by atoms with E-state index in [1.165, 1.54) is 6.92 Å². The maximum Gasteiger partial charge on any atom is 0.335 e. The van der Waals surface area contributed by atoms with E-state index < -0.39 is 67.4 Å². The van der Waals surface area contributed by atoms with E-state index in [1.807, 2.05) is 0 Å². The quantitative estimate of drug-likeness (QED) is 0.263. The van der Waals surface area contributed by atoms with Crippen LogP contribution in [0.2, 0.25) is 0 Å². The van der Waals surface area contributed by atoms with E-state index in [2.05, 4.69) is 0 Å². The zero-order valence-corrected chi connectivity index (χ0v) is 12.0. The molecule has 11 heteroatoms. The standard InChI is InChI=1S/C12H20O11/c1-2-3(13)8(7(17)11(20)21-2)22-12-6(16)4(14)5(15)9(23-12)10(18)19/h2-9,11-17,20H,1H3,(H,18,19)/t2-,3-,4-,5-,6+,7+,8+,9-,11+,12-/m0/s1. The lowest BCUT2D eigenvalue weighted by atomic mass is 9.97. The van der Waals surface area contributed by atoms with Crippen molar-refractivity contribution in [3.05, 3.63) is 0 Å². The van der Waals surface area contributed by atoms with Crippen LogP contribution in [0.15, 0.2) is 0 Å². The van der Waals surface area contributed by atoms with Crippen molar-refractivity contribution in [2.24, 2.45) is 0 Å². The first kappa shape index (κ1) is 18.4. The molecule has 0 saturated carbocycles. The van der Waals surface area contributed by atoms with Crippen LogP contribution < -0.4 is 0 Å². The Kier molecular flexibility index (Phi) is 5.56. The summed E-state index contributed by atoms with van der Waals surface area (Å²) in [4.78, 5) is 11.0. The zero-order valence-electron chi connectivity index (χ0n) is 12.0. The minimum atomic E-state index is -1.89. The summed E-state index contributed by atoms with van der Waals surface area (Å²) in [6.45, 7) is 1.40. The van der Waals surface area contributed by atoms with Crippen molar-refractivity contribution >= 4 is 5.97 Å². The van der Waals surface area contributed by atoms with E-state index in [4.69, 9.17) is 19.3 Å². The van der Waals surface area contributed by atoms with Gasteiger partial charge in [0, 0.05) is 0 Å². The Hall–Kier alpha value is -0.890. The highest BCUT2D eigenvalue weighted by Crippen LogP contribution is 2.28. The zero-order chi connectivity index (χ0) is 17.5. The third kappa shape index (κ3) is 3.47. The van der Waals surface area contributed by atoms with E-state index in [0.717, 1.165) is 0 Å². The van der Waals surface area contributed by atoms with Gasteiger partial charge < -0.3 is 50.0 Å². The lowest BCUT2D eigenvalue weighted by Gasteiger charge is -2.44. The number of aliphatic hydroxyl groups excluding tert-OH is 6. The molecule has 0 aromatic rings. The van der Waals surface area contributed by atoms with Gasteiger partial charge in [-0.3, -0.25) is 0 Å². The first-order valence-electron chi connectivity index (χ1n) is 6.92. The molecule has 134 valence electrons. The Morgan fingerprint density at radius 2 is 1.48 bits per heavy atom. The van der Waals surface area contributed by atoms with E-state index in [0.29, 0.717) is 0 Å². The molecule has 0 aliphatic carbocycles. The van der Waals surface area contributed by atoms with Crippen LogP contribution >= 0.6 is 0 Å². The third-order valence-corrected chi connectivity index (χ3v) is 3.90. The van der Waals surface area contributed by atoms with Crippen molar-refractivity contribution in [3.8, 4) is 0 Å². The predicted octanol–water partition coefficient (Wildman–Crippen LogP) is -4.28. The number of carboxylic acids is 1. The molecule has 0 bridgehead atoms. The lowest BCUT2D eigenvalue weighted by molar-refractivity contribution is -0.348.